The van der Waals surface area contributed by atoms with E-state index in [-0.39, 0.29) is 18.7 Å². The van der Waals surface area contributed by atoms with Crippen LogP contribution in [0.3, 0.4) is 0 Å². The molecular weight excluding hydrogens is 256 g/mol. The first-order valence-corrected chi connectivity index (χ1v) is 7.69. The molecule has 0 bridgehead atoms. The number of piperidine rings is 1. The van der Waals surface area contributed by atoms with Gasteiger partial charge >= 0.3 is 6.09 Å². The standard InChI is InChI=1S/C15H30N2O3/c1-5-16-13(8-10-18)12-7-6-9-17(11-12)14(19)20-15(2,3)4/h12-13,16,18H,5-11H2,1-4H3/t12-,13+/m1/s1. The number of hydrogen-bond donors (Lipinski definition) is 2. The normalized spacial score (nSPS) is 21.6. The number of carbonyl (C=O) groups excluding carboxylic acids is 1. The summed E-state index contributed by atoms with van der Waals surface area (Å²) in [6.45, 7) is 10.3. The van der Waals surface area contributed by atoms with E-state index < -0.39 is 5.60 Å². The summed E-state index contributed by atoms with van der Waals surface area (Å²) in [5.74, 6) is 0.392. The molecule has 5 heteroatoms. The van der Waals surface area contributed by atoms with Crippen molar-refractivity contribution in [1.82, 2.24) is 10.2 Å². The number of hydrogen-bond acceptors (Lipinski definition) is 4. The van der Waals surface area contributed by atoms with Crippen molar-refractivity contribution >= 4 is 6.09 Å². The maximum Gasteiger partial charge on any atom is 0.410 e. The van der Waals surface area contributed by atoms with Crippen LogP contribution in [0, 0.1) is 5.92 Å². The predicted octanol–water partition coefficient (Wildman–Crippen LogP) is 1.99. The topological polar surface area (TPSA) is 61.8 Å². The summed E-state index contributed by atoms with van der Waals surface area (Å²) < 4.78 is 5.44. The average molecular weight is 286 g/mol. The van der Waals surface area contributed by atoms with Crippen LogP contribution in [-0.4, -0.2) is 54.0 Å². The quantitative estimate of drug-likeness (QED) is 0.811. The van der Waals surface area contributed by atoms with Crippen LogP contribution in [0.1, 0.15) is 47.0 Å². The van der Waals surface area contributed by atoms with Gasteiger partial charge in [0.05, 0.1) is 0 Å². The van der Waals surface area contributed by atoms with E-state index in [1.165, 1.54) is 0 Å². The maximum atomic E-state index is 12.1. The number of aliphatic hydroxyl groups excluding tert-OH is 1. The Hall–Kier alpha value is -0.810. The van der Waals surface area contributed by atoms with Crippen molar-refractivity contribution in [3.63, 3.8) is 0 Å². The molecular formula is C15H30N2O3. The summed E-state index contributed by atoms with van der Waals surface area (Å²) in [5.41, 5.74) is -0.448. The Morgan fingerprint density at radius 2 is 2.20 bits per heavy atom. The van der Waals surface area contributed by atoms with Crippen LogP contribution in [0.25, 0.3) is 0 Å². The molecule has 0 aromatic heterocycles. The van der Waals surface area contributed by atoms with Gasteiger partial charge in [0.15, 0.2) is 0 Å². The minimum atomic E-state index is -0.448. The van der Waals surface area contributed by atoms with Crippen molar-refractivity contribution < 1.29 is 14.6 Å². The Morgan fingerprint density at radius 1 is 1.50 bits per heavy atom. The number of nitrogens with one attached hydrogen (secondary N) is 1. The average Bonchev–Trinajstić information content (AvgIpc) is 2.37. The molecule has 1 aliphatic heterocycles. The first kappa shape index (κ1) is 17.2. The Kier molecular flexibility index (Phi) is 6.76. The lowest BCUT2D eigenvalue weighted by Crippen LogP contribution is -2.49. The molecule has 2 atom stereocenters. The summed E-state index contributed by atoms with van der Waals surface area (Å²) in [6, 6.07) is 0.273. The van der Waals surface area contributed by atoms with Crippen LogP contribution < -0.4 is 5.32 Å². The Morgan fingerprint density at radius 3 is 2.75 bits per heavy atom. The molecule has 118 valence electrons. The Balaban J connectivity index is 2.58. The van der Waals surface area contributed by atoms with Gasteiger partial charge in [-0.05, 0) is 52.5 Å². The summed E-state index contributed by atoms with van der Waals surface area (Å²) in [7, 11) is 0. The molecule has 0 radical (unpaired) electrons. The van der Waals surface area contributed by atoms with Gasteiger partial charge in [-0.25, -0.2) is 4.79 Å². The lowest BCUT2D eigenvalue weighted by Gasteiger charge is -2.37. The second-order valence-electron chi connectivity index (χ2n) is 6.51. The molecule has 1 aliphatic rings. The van der Waals surface area contributed by atoms with E-state index in [1.807, 2.05) is 20.8 Å². The van der Waals surface area contributed by atoms with Crippen LogP contribution in [0.2, 0.25) is 0 Å². The van der Waals surface area contributed by atoms with E-state index in [0.29, 0.717) is 12.5 Å². The molecule has 1 saturated heterocycles. The number of likely N-dealkylation sites (tertiary alicyclic amines) is 1. The highest BCUT2D eigenvalue weighted by atomic mass is 16.6. The summed E-state index contributed by atoms with van der Waals surface area (Å²) >= 11 is 0. The zero-order valence-electron chi connectivity index (χ0n) is 13.3. The number of ether oxygens (including phenoxy) is 1. The lowest BCUT2D eigenvalue weighted by molar-refractivity contribution is 0.0139. The third-order valence-electron chi connectivity index (χ3n) is 3.58. The molecule has 0 aliphatic carbocycles. The molecule has 0 aromatic rings. The minimum absolute atomic E-state index is 0.181. The van der Waals surface area contributed by atoms with E-state index in [0.717, 1.165) is 32.4 Å². The fourth-order valence-electron chi connectivity index (χ4n) is 2.74. The van der Waals surface area contributed by atoms with Crippen molar-refractivity contribution in [2.24, 2.45) is 5.92 Å². The second-order valence-corrected chi connectivity index (χ2v) is 6.51. The minimum Gasteiger partial charge on any atom is -0.444 e. The van der Waals surface area contributed by atoms with E-state index >= 15 is 0 Å². The van der Waals surface area contributed by atoms with Crippen LogP contribution in [0.4, 0.5) is 4.79 Å². The second kappa shape index (κ2) is 7.84. The van der Waals surface area contributed by atoms with E-state index in [4.69, 9.17) is 4.74 Å². The third kappa shape index (κ3) is 5.67. The number of amides is 1. The monoisotopic (exact) mass is 286 g/mol. The lowest BCUT2D eigenvalue weighted by atomic mass is 9.89. The molecule has 1 fully saturated rings. The van der Waals surface area contributed by atoms with E-state index in [1.54, 1.807) is 4.90 Å². The predicted molar refractivity (Wildman–Crippen MR) is 79.7 cm³/mol. The van der Waals surface area contributed by atoms with Crippen LogP contribution in [0.15, 0.2) is 0 Å². The van der Waals surface area contributed by atoms with Crippen molar-refractivity contribution in [2.45, 2.75) is 58.6 Å². The number of rotatable bonds is 5. The Bertz CT molecular complexity index is 296. The van der Waals surface area contributed by atoms with Gasteiger partial charge in [-0.15, -0.1) is 0 Å². The molecule has 0 unspecified atom stereocenters. The van der Waals surface area contributed by atoms with E-state index in [9.17, 15) is 9.90 Å². The summed E-state index contributed by atoms with van der Waals surface area (Å²) in [5, 5.41) is 12.6. The number of aliphatic hydroxyl groups is 1. The largest absolute Gasteiger partial charge is 0.444 e. The van der Waals surface area contributed by atoms with Crippen molar-refractivity contribution in [3.05, 3.63) is 0 Å². The van der Waals surface area contributed by atoms with Gasteiger partial charge in [0.1, 0.15) is 5.60 Å². The van der Waals surface area contributed by atoms with Crippen LogP contribution in [-0.2, 0) is 4.74 Å². The molecule has 0 spiro atoms. The highest BCUT2D eigenvalue weighted by Gasteiger charge is 2.31. The van der Waals surface area contributed by atoms with Gasteiger partial charge in [-0.2, -0.15) is 0 Å². The van der Waals surface area contributed by atoms with Gasteiger partial charge in [-0.3, -0.25) is 0 Å². The first-order chi connectivity index (χ1) is 9.37. The molecule has 20 heavy (non-hydrogen) atoms. The van der Waals surface area contributed by atoms with Gasteiger partial charge in [0.25, 0.3) is 0 Å². The molecule has 0 aromatic carbocycles. The van der Waals surface area contributed by atoms with Crippen LogP contribution in [0.5, 0.6) is 0 Å². The summed E-state index contributed by atoms with van der Waals surface area (Å²) in [4.78, 5) is 13.9. The Labute approximate surface area is 122 Å². The van der Waals surface area contributed by atoms with Gasteiger partial charge in [0, 0.05) is 25.7 Å². The SMILES string of the molecule is CCN[C@@H](CCO)[C@@H]1CCCN(C(=O)OC(C)(C)C)C1. The number of carbonyl (C=O) groups is 1. The highest BCUT2D eigenvalue weighted by molar-refractivity contribution is 5.68. The smallest absolute Gasteiger partial charge is 0.410 e. The van der Waals surface area contributed by atoms with Crippen LogP contribution >= 0.6 is 0 Å². The van der Waals surface area contributed by atoms with Gasteiger partial charge in [-0.1, -0.05) is 6.92 Å². The van der Waals surface area contributed by atoms with Crippen molar-refractivity contribution in [1.29, 1.82) is 0 Å². The fourth-order valence-corrected chi connectivity index (χ4v) is 2.74. The highest BCUT2D eigenvalue weighted by Crippen LogP contribution is 2.23. The maximum absolute atomic E-state index is 12.1. The van der Waals surface area contributed by atoms with Crippen molar-refractivity contribution in [2.75, 3.05) is 26.2 Å². The van der Waals surface area contributed by atoms with Gasteiger partial charge < -0.3 is 20.1 Å². The summed E-state index contributed by atoms with van der Waals surface area (Å²) in [6.07, 6.45) is 2.61. The molecule has 0 saturated carbocycles. The molecule has 1 rings (SSSR count). The molecule has 1 heterocycles. The van der Waals surface area contributed by atoms with E-state index in [2.05, 4.69) is 12.2 Å². The molecule has 1 amide bonds. The van der Waals surface area contributed by atoms with Crippen molar-refractivity contribution in [3.8, 4) is 0 Å². The number of nitrogens with zero attached hydrogens (tertiary/aromatic N) is 1. The molecule has 5 nitrogen and oxygen atoms in total. The zero-order chi connectivity index (χ0) is 15.2. The third-order valence-corrected chi connectivity index (χ3v) is 3.58. The van der Waals surface area contributed by atoms with Gasteiger partial charge in [0.2, 0.25) is 0 Å². The zero-order valence-corrected chi connectivity index (χ0v) is 13.3. The first-order valence-electron chi connectivity index (χ1n) is 7.69. The fraction of sp³-hybridized carbons (Fsp3) is 0.933. The molecule has 2 N–H and O–H groups in total.